The highest BCUT2D eigenvalue weighted by atomic mass is 16.7. The van der Waals surface area contributed by atoms with Crippen LogP contribution < -0.4 is 0 Å². The summed E-state index contributed by atoms with van der Waals surface area (Å²) in [5.41, 5.74) is 0.353. The summed E-state index contributed by atoms with van der Waals surface area (Å²) in [6.45, 7) is 1.11. The van der Waals surface area contributed by atoms with E-state index in [-0.39, 0.29) is 12.2 Å². The minimum absolute atomic E-state index is 0.106. The van der Waals surface area contributed by atoms with Crippen LogP contribution in [-0.4, -0.2) is 40.3 Å². The molecule has 0 saturated carbocycles. The third kappa shape index (κ3) is 1.97. The number of ketones is 1. The third-order valence-corrected chi connectivity index (χ3v) is 1.93. The average molecular weight is 197 g/mol. The fourth-order valence-electron chi connectivity index (χ4n) is 1.26. The highest BCUT2D eigenvalue weighted by Gasteiger charge is 2.21. The van der Waals surface area contributed by atoms with E-state index in [0.717, 1.165) is 0 Å². The van der Waals surface area contributed by atoms with Crippen LogP contribution >= 0.6 is 0 Å². The van der Waals surface area contributed by atoms with Gasteiger partial charge in [0.1, 0.15) is 5.69 Å². The van der Waals surface area contributed by atoms with Crippen molar-refractivity contribution in [1.29, 1.82) is 0 Å². The van der Waals surface area contributed by atoms with Gasteiger partial charge in [-0.15, -0.1) is 5.10 Å². The summed E-state index contributed by atoms with van der Waals surface area (Å²) >= 11 is 0. The predicted octanol–water partition coefficient (Wildman–Crippen LogP) is -0.239. The van der Waals surface area contributed by atoms with Crippen LogP contribution in [0.15, 0.2) is 6.20 Å². The second kappa shape index (κ2) is 3.85. The molecule has 1 aliphatic rings. The molecule has 0 amide bonds. The lowest BCUT2D eigenvalue weighted by Crippen LogP contribution is -2.14. The largest absolute Gasteiger partial charge is 0.350 e. The number of ether oxygens (including phenoxy) is 2. The number of rotatable bonds is 3. The van der Waals surface area contributed by atoms with Gasteiger partial charge in [-0.1, -0.05) is 5.21 Å². The van der Waals surface area contributed by atoms with E-state index in [1.807, 2.05) is 0 Å². The van der Waals surface area contributed by atoms with Gasteiger partial charge in [0.05, 0.1) is 25.8 Å². The van der Waals surface area contributed by atoms with E-state index in [9.17, 15) is 4.79 Å². The van der Waals surface area contributed by atoms with Crippen molar-refractivity contribution < 1.29 is 14.3 Å². The molecule has 0 aromatic carbocycles. The molecule has 0 spiro atoms. The summed E-state index contributed by atoms with van der Waals surface area (Å²) in [7, 11) is 1.71. The van der Waals surface area contributed by atoms with Crippen LogP contribution in [-0.2, 0) is 16.5 Å². The molecule has 0 aliphatic carbocycles. The lowest BCUT2D eigenvalue weighted by Gasteiger charge is -2.05. The molecule has 1 aromatic heterocycles. The smallest absolute Gasteiger partial charge is 0.189 e. The number of carbonyl (C=O) groups excluding carboxylic acids is 1. The second-order valence-corrected chi connectivity index (χ2v) is 3.08. The lowest BCUT2D eigenvalue weighted by molar-refractivity contribution is -0.0408. The van der Waals surface area contributed by atoms with Crippen LogP contribution in [0, 0.1) is 0 Å². The first-order chi connectivity index (χ1) is 6.75. The Hall–Kier alpha value is -1.27. The summed E-state index contributed by atoms with van der Waals surface area (Å²) < 4.78 is 11.8. The standard InChI is InChI=1S/C8H11N3O3/c1-11-5-6(9-10-11)7(12)4-8-13-2-3-14-8/h5,8H,2-4H2,1H3. The number of carbonyl (C=O) groups is 1. The van der Waals surface area contributed by atoms with Crippen LogP contribution in [0.3, 0.4) is 0 Å². The molecule has 2 rings (SSSR count). The van der Waals surface area contributed by atoms with E-state index >= 15 is 0 Å². The third-order valence-electron chi connectivity index (χ3n) is 1.93. The molecule has 14 heavy (non-hydrogen) atoms. The van der Waals surface area contributed by atoms with Gasteiger partial charge in [-0.25, -0.2) is 0 Å². The molecule has 6 heteroatoms. The second-order valence-electron chi connectivity index (χ2n) is 3.08. The van der Waals surface area contributed by atoms with E-state index in [1.54, 1.807) is 13.2 Å². The molecule has 1 aliphatic heterocycles. The molecule has 0 radical (unpaired) electrons. The van der Waals surface area contributed by atoms with Gasteiger partial charge in [0.2, 0.25) is 0 Å². The average Bonchev–Trinajstić information content (AvgIpc) is 2.75. The van der Waals surface area contributed by atoms with E-state index in [4.69, 9.17) is 9.47 Å². The quantitative estimate of drug-likeness (QED) is 0.626. The zero-order valence-electron chi connectivity index (χ0n) is 7.84. The maximum Gasteiger partial charge on any atom is 0.189 e. The van der Waals surface area contributed by atoms with Crippen molar-refractivity contribution in [3.8, 4) is 0 Å². The van der Waals surface area contributed by atoms with Crippen molar-refractivity contribution >= 4 is 5.78 Å². The lowest BCUT2D eigenvalue weighted by atomic mass is 10.2. The van der Waals surface area contributed by atoms with Crippen molar-refractivity contribution in [1.82, 2.24) is 15.0 Å². The van der Waals surface area contributed by atoms with Gasteiger partial charge in [-0.2, -0.15) is 0 Å². The summed E-state index contributed by atoms with van der Waals surface area (Å²) in [5, 5.41) is 7.39. The maximum atomic E-state index is 11.5. The maximum absolute atomic E-state index is 11.5. The minimum Gasteiger partial charge on any atom is -0.350 e. The summed E-state index contributed by atoms with van der Waals surface area (Å²) in [4.78, 5) is 11.5. The van der Waals surface area contributed by atoms with E-state index < -0.39 is 6.29 Å². The highest BCUT2D eigenvalue weighted by Crippen LogP contribution is 2.10. The molecule has 0 bridgehead atoms. The number of aryl methyl sites for hydroxylation is 1. The molecular formula is C8H11N3O3. The van der Waals surface area contributed by atoms with E-state index in [2.05, 4.69) is 10.3 Å². The first-order valence-electron chi connectivity index (χ1n) is 4.38. The monoisotopic (exact) mass is 197 g/mol. The fourth-order valence-corrected chi connectivity index (χ4v) is 1.26. The molecule has 1 aromatic rings. The predicted molar refractivity (Wildman–Crippen MR) is 45.6 cm³/mol. The SMILES string of the molecule is Cn1cc(C(=O)CC2OCCO2)nn1. The molecular weight excluding hydrogens is 186 g/mol. The van der Waals surface area contributed by atoms with E-state index in [0.29, 0.717) is 18.9 Å². The molecule has 1 saturated heterocycles. The Kier molecular flexibility index (Phi) is 2.55. The van der Waals surface area contributed by atoms with Crippen molar-refractivity contribution in [2.45, 2.75) is 12.7 Å². The first kappa shape index (κ1) is 9.29. The zero-order chi connectivity index (χ0) is 9.97. The summed E-state index contributed by atoms with van der Waals surface area (Å²) in [5.74, 6) is -0.106. The zero-order valence-corrected chi connectivity index (χ0v) is 7.84. The Morgan fingerprint density at radius 2 is 2.36 bits per heavy atom. The Morgan fingerprint density at radius 1 is 1.64 bits per heavy atom. The van der Waals surface area contributed by atoms with Gasteiger partial charge in [-0.3, -0.25) is 9.48 Å². The number of hydrogen-bond donors (Lipinski definition) is 0. The topological polar surface area (TPSA) is 66.2 Å². The van der Waals surface area contributed by atoms with E-state index in [1.165, 1.54) is 4.68 Å². The van der Waals surface area contributed by atoms with Crippen LogP contribution in [0.1, 0.15) is 16.9 Å². The highest BCUT2D eigenvalue weighted by molar-refractivity contribution is 5.94. The van der Waals surface area contributed by atoms with Crippen molar-refractivity contribution in [2.75, 3.05) is 13.2 Å². The number of Topliss-reactive ketones (excluding diaryl/α,β-unsaturated/α-hetero) is 1. The van der Waals surface area contributed by atoms with Crippen molar-refractivity contribution in [3.63, 3.8) is 0 Å². The summed E-state index contributed by atoms with van der Waals surface area (Å²) in [6, 6.07) is 0. The number of aromatic nitrogens is 3. The van der Waals surface area contributed by atoms with Gasteiger partial charge in [0, 0.05) is 7.05 Å². The van der Waals surface area contributed by atoms with Gasteiger partial charge in [-0.05, 0) is 0 Å². The Balaban J connectivity index is 1.95. The Bertz CT molecular complexity index is 330. The van der Waals surface area contributed by atoms with Gasteiger partial charge in [0.25, 0.3) is 0 Å². The van der Waals surface area contributed by atoms with Gasteiger partial charge >= 0.3 is 0 Å². The van der Waals surface area contributed by atoms with Crippen LogP contribution in [0.4, 0.5) is 0 Å². The van der Waals surface area contributed by atoms with Crippen LogP contribution in [0.5, 0.6) is 0 Å². The van der Waals surface area contributed by atoms with Crippen LogP contribution in [0.2, 0.25) is 0 Å². The first-order valence-corrected chi connectivity index (χ1v) is 4.38. The van der Waals surface area contributed by atoms with Gasteiger partial charge < -0.3 is 9.47 Å². The van der Waals surface area contributed by atoms with Crippen molar-refractivity contribution in [2.24, 2.45) is 7.05 Å². The number of hydrogen-bond acceptors (Lipinski definition) is 5. The molecule has 0 N–H and O–H groups in total. The van der Waals surface area contributed by atoms with Gasteiger partial charge in [0.15, 0.2) is 12.1 Å². The minimum atomic E-state index is -0.412. The van der Waals surface area contributed by atoms with Crippen LogP contribution in [0.25, 0.3) is 0 Å². The fraction of sp³-hybridized carbons (Fsp3) is 0.625. The molecule has 0 unspecified atom stereocenters. The molecule has 76 valence electrons. The normalized spacial score (nSPS) is 17.5. The summed E-state index contributed by atoms with van der Waals surface area (Å²) in [6.07, 6.45) is 1.38. The Morgan fingerprint density at radius 3 is 2.93 bits per heavy atom. The molecule has 1 fully saturated rings. The molecule has 2 heterocycles. The van der Waals surface area contributed by atoms with Crippen molar-refractivity contribution in [3.05, 3.63) is 11.9 Å². The number of nitrogens with zero attached hydrogens (tertiary/aromatic N) is 3. The molecule has 0 atom stereocenters. The Labute approximate surface area is 80.8 Å². The molecule has 6 nitrogen and oxygen atoms in total.